The molecular formula is C13H26O3S. The smallest absolute Gasteiger partial charge is 0.304 e. The summed E-state index contributed by atoms with van der Waals surface area (Å²) in [4.78, 5) is 10.3. The van der Waals surface area contributed by atoms with Crippen LogP contribution in [0.2, 0.25) is 0 Å². The van der Waals surface area contributed by atoms with Crippen molar-refractivity contribution in [3.8, 4) is 0 Å². The molecule has 0 fully saturated rings. The molecule has 3 nitrogen and oxygen atoms in total. The van der Waals surface area contributed by atoms with Crippen molar-refractivity contribution in [1.82, 2.24) is 0 Å². The largest absolute Gasteiger partial charge is 0.481 e. The zero-order chi connectivity index (χ0) is 12.9. The van der Waals surface area contributed by atoms with Crippen LogP contribution in [0.1, 0.15) is 64.7 Å². The molecule has 0 saturated heterocycles. The Balaban J connectivity index is 3.16. The number of carboxylic acids is 1. The maximum Gasteiger partial charge on any atom is 0.304 e. The average Bonchev–Trinajstić information content (AvgIpc) is 2.30. The number of carbonyl (C=O) groups is 1. The van der Waals surface area contributed by atoms with Crippen LogP contribution in [0.5, 0.6) is 0 Å². The highest BCUT2D eigenvalue weighted by Crippen LogP contribution is 2.08. The van der Waals surface area contributed by atoms with Crippen molar-refractivity contribution in [3.63, 3.8) is 0 Å². The summed E-state index contributed by atoms with van der Waals surface area (Å²) < 4.78 is 11.4. The number of carboxylic acid groups (broad SMARTS) is 1. The molecule has 0 radical (unpaired) electrons. The summed E-state index contributed by atoms with van der Waals surface area (Å²) in [5, 5.41) is 8.44. The van der Waals surface area contributed by atoms with Crippen LogP contribution in [0.4, 0.5) is 0 Å². The lowest BCUT2D eigenvalue weighted by molar-refractivity contribution is -0.136. The Morgan fingerprint density at radius 2 is 1.47 bits per heavy atom. The average molecular weight is 262 g/mol. The first-order valence-electron chi connectivity index (χ1n) is 6.73. The molecule has 0 saturated carbocycles. The van der Waals surface area contributed by atoms with Crippen molar-refractivity contribution in [1.29, 1.82) is 0 Å². The fourth-order valence-electron chi connectivity index (χ4n) is 1.70. The highest BCUT2D eigenvalue weighted by Gasteiger charge is 2.03. The second-order valence-electron chi connectivity index (χ2n) is 4.47. The minimum Gasteiger partial charge on any atom is -0.481 e. The second-order valence-corrected chi connectivity index (χ2v) is 6.16. The Morgan fingerprint density at radius 3 is 2.00 bits per heavy atom. The molecule has 4 heteroatoms. The van der Waals surface area contributed by atoms with Gasteiger partial charge in [-0.25, -0.2) is 0 Å². The van der Waals surface area contributed by atoms with E-state index in [0.29, 0.717) is 11.5 Å². The first-order chi connectivity index (χ1) is 8.16. The van der Waals surface area contributed by atoms with Crippen molar-refractivity contribution in [2.24, 2.45) is 0 Å². The van der Waals surface area contributed by atoms with Gasteiger partial charge >= 0.3 is 5.97 Å². The second kappa shape index (κ2) is 12.1. The summed E-state index contributed by atoms with van der Waals surface area (Å²) in [7, 11) is -0.932. The van der Waals surface area contributed by atoms with Crippen molar-refractivity contribution in [2.45, 2.75) is 64.7 Å². The number of hydrogen-bond donors (Lipinski definition) is 1. The van der Waals surface area contributed by atoms with E-state index in [1.807, 2.05) is 0 Å². The summed E-state index contributed by atoms with van der Waals surface area (Å²) in [6.07, 6.45) is 9.90. The van der Waals surface area contributed by atoms with Gasteiger partial charge in [0.05, 0.1) is 6.42 Å². The molecule has 0 heterocycles. The van der Waals surface area contributed by atoms with Crippen molar-refractivity contribution >= 4 is 16.8 Å². The van der Waals surface area contributed by atoms with Gasteiger partial charge in [-0.1, -0.05) is 51.9 Å². The van der Waals surface area contributed by atoms with Crippen LogP contribution in [0.3, 0.4) is 0 Å². The molecule has 0 aliphatic heterocycles. The highest BCUT2D eigenvalue weighted by molar-refractivity contribution is 7.84. The highest BCUT2D eigenvalue weighted by atomic mass is 32.2. The van der Waals surface area contributed by atoms with E-state index in [1.54, 1.807) is 0 Å². The van der Waals surface area contributed by atoms with E-state index in [9.17, 15) is 9.00 Å². The standard InChI is InChI=1S/C13H26O3S/c1-2-3-4-5-6-7-8-9-11-17(16)12-10-13(14)15/h2-12H2,1H3,(H,14,15)/t17-/m1/s1. The van der Waals surface area contributed by atoms with Crippen LogP contribution in [-0.2, 0) is 15.6 Å². The van der Waals surface area contributed by atoms with E-state index < -0.39 is 16.8 Å². The summed E-state index contributed by atoms with van der Waals surface area (Å²) in [5.74, 6) is 0.128. The zero-order valence-corrected chi connectivity index (χ0v) is 11.8. The number of aliphatic carboxylic acids is 1. The van der Waals surface area contributed by atoms with Crippen LogP contribution in [0.25, 0.3) is 0 Å². The topological polar surface area (TPSA) is 54.4 Å². The zero-order valence-electron chi connectivity index (χ0n) is 11.0. The van der Waals surface area contributed by atoms with Gasteiger partial charge in [0.1, 0.15) is 0 Å². The molecule has 0 aromatic rings. The number of hydrogen-bond acceptors (Lipinski definition) is 2. The third-order valence-electron chi connectivity index (χ3n) is 2.77. The molecule has 0 unspecified atom stereocenters. The number of unbranched alkanes of at least 4 members (excludes halogenated alkanes) is 7. The third kappa shape index (κ3) is 13.6. The van der Waals surface area contributed by atoms with E-state index in [4.69, 9.17) is 5.11 Å². The van der Waals surface area contributed by atoms with Crippen LogP contribution in [-0.4, -0.2) is 26.8 Å². The molecular weight excluding hydrogens is 236 g/mol. The van der Waals surface area contributed by atoms with Gasteiger partial charge in [0.2, 0.25) is 0 Å². The van der Waals surface area contributed by atoms with Crippen molar-refractivity contribution in [3.05, 3.63) is 0 Å². The fraction of sp³-hybridized carbons (Fsp3) is 0.923. The molecule has 17 heavy (non-hydrogen) atoms. The summed E-state index contributed by atoms with van der Waals surface area (Å²) in [6.45, 7) is 2.21. The first kappa shape index (κ1) is 16.6. The van der Waals surface area contributed by atoms with E-state index in [1.165, 1.54) is 38.5 Å². The monoisotopic (exact) mass is 262 g/mol. The SMILES string of the molecule is CCCCCCCCCC[S@@](=O)CCC(=O)O. The maximum atomic E-state index is 11.4. The Kier molecular flexibility index (Phi) is 11.8. The lowest BCUT2D eigenvalue weighted by Gasteiger charge is -2.02. The predicted octanol–water partition coefficient (Wildman–Crippen LogP) is 3.35. The maximum absolute atomic E-state index is 11.4. The summed E-state index contributed by atoms with van der Waals surface area (Å²) in [6, 6.07) is 0. The molecule has 0 spiro atoms. The van der Waals surface area contributed by atoms with Gasteiger partial charge in [0.15, 0.2) is 0 Å². The van der Waals surface area contributed by atoms with E-state index in [-0.39, 0.29) is 6.42 Å². The predicted molar refractivity (Wildman–Crippen MR) is 72.7 cm³/mol. The Morgan fingerprint density at radius 1 is 0.941 bits per heavy atom. The molecule has 0 aromatic heterocycles. The van der Waals surface area contributed by atoms with Gasteiger partial charge in [-0.3, -0.25) is 9.00 Å². The third-order valence-corrected chi connectivity index (χ3v) is 4.17. The molecule has 1 N–H and O–H groups in total. The molecule has 0 bridgehead atoms. The van der Waals surface area contributed by atoms with Crippen LogP contribution in [0.15, 0.2) is 0 Å². The van der Waals surface area contributed by atoms with Gasteiger partial charge in [-0.15, -0.1) is 0 Å². The van der Waals surface area contributed by atoms with Gasteiger partial charge in [0, 0.05) is 22.3 Å². The van der Waals surface area contributed by atoms with E-state index in [2.05, 4.69) is 6.92 Å². The molecule has 0 aliphatic rings. The van der Waals surface area contributed by atoms with Gasteiger partial charge in [0.25, 0.3) is 0 Å². The van der Waals surface area contributed by atoms with Crippen molar-refractivity contribution < 1.29 is 14.1 Å². The first-order valence-corrected chi connectivity index (χ1v) is 8.22. The van der Waals surface area contributed by atoms with Crippen LogP contribution < -0.4 is 0 Å². The normalized spacial score (nSPS) is 12.5. The molecule has 0 aromatic carbocycles. The molecule has 1 atom stereocenters. The quantitative estimate of drug-likeness (QED) is 0.549. The Labute approximate surface area is 107 Å². The molecule has 0 aliphatic carbocycles. The van der Waals surface area contributed by atoms with E-state index in [0.717, 1.165) is 12.8 Å². The van der Waals surface area contributed by atoms with Crippen LogP contribution >= 0.6 is 0 Å². The van der Waals surface area contributed by atoms with E-state index >= 15 is 0 Å². The van der Waals surface area contributed by atoms with Gasteiger partial charge < -0.3 is 5.11 Å². The van der Waals surface area contributed by atoms with Gasteiger partial charge in [-0.05, 0) is 6.42 Å². The molecule has 0 amide bonds. The van der Waals surface area contributed by atoms with Crippen molar-refractivity contribution in [2.75, 3.05) is 11.5 Å². The molecule has 0 rings (SSSR count). The number of rotatable bonds is 12. The van der Waals surface area contributed by atoms with Crippen LogP contribution in [0, 0.1) is 0 Å². The minimum atomic E-state index is -0.932. The minimum absolute atomic E-state index is 0.0314. The lowest BCUT2D eigenvalue weighted by Crippen LogP contribution is -2.07. The Hall–Kier alpha value is -0.380. The summed E-state index contributed by atoms with van der Waals surface area (Å²) in [5.41, 5.74) is 0. The summed E-state index contributed by atoms with van der Waals surface area (Å²) >= 11 is 0. The van der Waals surface area contributed by atoms with Gasteiger partial charge in [-0.2, -0.15) is 0 Å². The fourth-order valence-corrected chi connectivity index (χ4v) is 2.83. The molecule has 102 valence electrons. The lowest BCUT2D eigenvalue weighted by atomic mass is 10.1. The Bertz CT molecular complexity index is 217.